The van der Waals surface area contributed by atoms with E-state index in [-0.39, 0.29) is 0 Å². The van der Waals surface area contributed by atoms with Gasteiger partial charge in [-0.25, -0.2) is 0 Å². The third kappa shape index (κ3) is 2.42. The number of hydrogen-bond acceptors (Lipinski definition) is 4. The third-order valence-electron chi connectivity index (χ3n) is 7.15. The van der Waals surface area contributed by atoms with E-state index in [0.717, 1.165) is 23.2 Å². The van der Waals surface area contributed by atoms with Gasteiger partial charge in [-0.2, -0.15) is 0 Å². The molecule has 2 unspecified atom stereocenters. The topological polar surface area (TPSA) is 65.4 Å². The summed E-state index contributed by atoms with van der Waals surface area (Å²) in [6.45, 7) is 4.78. The van der Waals surface area contributed by atoms with E-state index >= 15 is 0 Å². The van der Waals surface area contributed by atoms with E-state index in [1.807, 2.05) is 4.40 Å². The van der Waals surface area contributed by atoms with Crippen molar-refractivity contribution in [1.82, 2.24) is 14.6 Å². The number of aromatic nitrogens is 3. The Kier molecular flexibility index (Phi) is 3.32. The van der Waals surface area contributed by atoms with Gasteiger partial charge in [0, 0.05) is 23.2 Å². The molecule has 2 bridgehead atoms. The minimum absolute atomic E-state index is 0.316. The van der Waals surface area contributed by atoms with Gasteiger partial charge in [0.15, 0.2) is 5.65 Å². The fourth-order valence-corrected chi connectivity index (χ4v) is 5.36. The van der Waals surface area contributed by atoms with Gasteiger partial charge in [0.25, 0.3) is 0 Å². The second-order valence-corrected chi connectivity index (χ2v) is 8.82. The highest BCUT2D eigenvalue weighted by Gasteiger charge is 2.50. The van der Waals surface area contributed by atoms with Crippen LogP contribution < -0.4 is 10.5 Å². The number of nitrogen functional groups attached to an aromatic ring is 1. The first-order chi connectivity index (χ1) is 12.1. The van der Waals surface area contributed by atoms with Gasteiger partial charge >= 0.3 is 0 Å². The van der Waals surface area contributed by atoms with Gasteiger partial charge < -0.3 is 10.5 Å². The number of hydrogen-bond donors (Lipinski definition) is 1. The molecule has 2 N–H and O–H groups in total. The molecule has 134 valence electrons. The summed E-state index contributed by atoms with van der Waals surface area (Å²) in [5, 5.41) is 8.21. The van der Waals surface area contributed by atoms with Gasteiger partial charge in [-0.1, -0.05) is 20.3 Å². The summed E-state index contributed by atoms with van der Waals surface area (Å²) in [6.07, 6.45) is 11.4. The molecule has 5 heteroatoms. The van der Waals surface area contributed by atoms with Crippen LogP contribution in [0.3, 0.4) is 0 Å². The Bertz CT molecular complexity index is 811. The van der Waals surface area contributed by atoms with E-state index in [1.165, 1.54) is 50.5 Å². The molecule has 2 heterocycles. The van der Waals surface area contributed by atoms with Gasteiger partial charge in [0.2, 0.25) is 5.95 Å². The normalized spacial score (nSPS) is 34.6. The monoisotopic (exact) mass is 340 g/mol. The fraction of sp³-hybridized carbons (Fsp3) is 0.700. The molecule has 0 aromatic carbocycles. The minimum atomic E-state index is 0.316. The summed E-state index contributed by atoms with van der Waals surface area (Å²) >= 11 is 0. The standard InChI is InChI=1S/C20H28N4O/c1-3-12-8-17(20(2)7-6-14(12)10-20)25-16-9-18-22-23-19(21)24(18)11-15(16)13-4-5-13/h9,11-14,17H,3-8,10H2,1-2H3,(H2,21,23)/t12?,14?,17-,20+/m1/s1. The number of nitrogens with zero attached hydrogens (tertiary/aromatic N) is 3. The maximum absolute atomic E-state index is 6.75. The van der Waals surface area contributed by atoms with Gasteiger partial charge in [-0.3, -0.25) is 4.40 Å². The maximum atomic E-state index is 6.75. The highest BCUT2D eigenvalue weighted by Crippen LogP contribution is 2.56. The minimum Gasteiger partial charge on any atom is -0.489 e. The van der Waals surface area contributed by atoms with E-state index in [0.29, 0.717) is 23.4 Å². The van der Waals surface area contributed by atoms with Gasteiger partial charge in [0.1, 0.15) is 11.9 Å². The lowest BCUT2D eigenvalue weighted by Crippen LogP contribution is -2.41. The van der Waals surface area contributed by atoms with Crippen molar-refractivity contribution in [2.75, 3.05) is 5.73 Å². The highest BCUT2D eigenvalue weighted by molar-refractivity contribution is 5.53. The van der Waals surface area contributed by atoms with Gasteiger partial charge in [-0.15, -0.1) is 10.2 Å². The summed E-state index contributed by atoms with van der Waals surface area (Å²) in [5.74, 6) is 3.82. The second kappa shape index (κ2) is 5.36. The Hall–Kier alpha value is -1.78. The smallest absolute Gasteiger partial charge is 0.226 e. The lowest BCUT2D eigenvalue weighted by molar-refractivity contribution is 0.00561. The molecule has 0 radical (unpaired) electrons. The third-order valence-corrected chi connectivity index (χ3v) is 7.15. The number of pyridine rings is 1. The molecule has 0 saturated heterocycles. The largest absolute Gasteiger partial charge is 0.489 e. The fourth-order valence-electron chi connectivity index (χ4n) is 5.36. The zero-order valence-electron chi connectivity index (χ0n) is 15.2. The van der Waals surface area contributed by atoms with Crippen molar-refractivity contribution >= 4 is 11.6 Å². The predicted octanol–water partition coefficient (Wildman–Crippen LogP) is 4.17. The molecule has 3 fully saturated rings. The summed E-state index contributed by atoms with van der Waals surface area (Å²) in [7, 11) is 0. The summed E-state index contributed by atoms with van der Waals surface area (Å²) in [4.78, 5) is 0. The predicted molar refractivity (Wildman–Crippen MR) is 97.6 cm³/mol. The van der Waals surface area contributed by atoms with Crippen molar-refractivity contribution in [3.63, 3.8) is 0 Å². The molecule has 3 aliphatic carbocycles. The number of fused-ring (bicyclic) bond motifs is 3. The molecule has 2 aromatic heterocycles. The maximum Gasteiger partial charge on any atom is 0.226 e. The van der Waals surface area contributed by atoms with Crippen LogP contribution in [0.15, 0.2) is 12.3 Å². The van der Waals surface area contributed by atoms with Crippen molar-refractivity contribution in [1.29, 1.82) is 0 Å². The summed E-state index contributed by atoms with van der Waals surface area (Å²) in [5.41, 5.74) is 8.36. The van der Waals surface area contributed by atoms with Crippen LogP contribution in [0.1, 0.15) is 70.3 Å². The van der Waals surface area contributed by atoms with Gasteiger partial charge in [-0.05, 0) is 56.3 Å². The van der Waals surface area contributed by atoms with Crippen molar-refractivity contribution in [2.45, 2.75) is 70.8 Å². The SMILES string of the molecule is CCC1C[C@@H](Oc2cc3nnc(N)n3cc2C2CC2)[C@@]2(C)CCC1C2. The molecule has 0 amide bonds. The average molecular weight is 340 g/mol. The van der Waals surface area contributed by atoms with Crippen LogP contribution in [0.5, 0.6) is 5.75 Å². The lowest BCUT2D eigenvalue weighted by Gasteiger charge is -2.42. The highest BCUT2D eigenvalue weighted by atomic mass is 16.5. The zero-order chi connectivity index (χ0) is 17.2. The van der Waals surface area contributed by atoms with Crippen LogP contribution in [0.4, 0.5) is 5.95 Å². The Morgan fingerprint density at radius 1 is 1.32 bits per heavy atom. The molecular weight excluding hydrogens is 312 g/mol. The molecule has 0 spiro atoms. The van der Waals surface area contributed by atoms with E-state index in [2.05, 4.69) is 36.3 Å². The van der Waals surface area contributed by atoms with Gasteiger partial charge in [0.05, 0.1) is 0 Å². The molecule has 25 heavy (non-hydrogen) atoms. The summed E-state index contributed by atoms with van der Waals surface area (Å²) in [6, 6.07) is 2.06. The van der Waals surface area contributed by atoms with Crippen LogP contribution in [-0.2, 0) is 0 Å². The quantitative estimate of drug-likeness (QED) is 0.907. The number of anilines is 1. The molecular formula is C20H28N4O. The number of nitrogens with two attached hydrogens (primary N) is 1. The van der Waals surface area contributed by atoms with Crippen LogP contribution in [0.2, 0.25) is 0 Å². The first-order valence-electron chi connectivity index (χ1n) is 9.88. The Morgan fingerprint density at radius 3 is 2.92 bits per heavy atom. The summed E-state index contributed by atoms with van der Waals surface area (Å²) < 4.78 is 8.64. The Labute approximate surface area is 149 Å². The van der Waals surface area contributed by atoms with Crippen LogP contribution in [0, 0.1) is 17.3 Å². The lowest BCUT2D eigenvalue weighted by atomic mass is 9.69. The molecule has 2 aromatic rings. The zero-order valence-corrected chi connectivity index (χ0v) is 15.2. The van der Waals surface area contributed by atoms with Crippen molar-refractivity contribution < 1.29 is 4.74 Å². The first-order valence-corrected chi connectivity index (χ1v) is 9.88. The number of rotatable bonds is 4. The molecule has 4 atom stereocenters. The molecule has 5 nitrogen and oxygen atoms in total. The van der Waals surface area contributed by atoms with E-state index < -0.39 is 0 Å². The molecule has 5 rings (SSSR count). The Morgan fingerprint density at radius 2 is 2.16 bits per heavy atom. The van der Waals surface area contributed by atoms with E-state index in [1.54, 1.807) is 0 Å². The van der Waals surface area contributed by atoms with E-state index in [4.69, 9.17) is 10.5 Å². The van der Waals surface area contributed by atoms with Crippen molar-refractivity contribution in [3.8, 4) is 5.75 Å². The number of ether oxygens (including phenoxy) is 1. The molecule has 0 aliphatic heterocycles. The van der Waals surface area contributed by atoms with Crippen molar-refractivity contribution in [3.05, 3.63) is 17.8 Å². The van der Waals surface area contributed by atoms with E-state index in [9.17, 15) is 0 Å². The first kappa shape index (κ1) is 15.5. The second-order valence-electron chi connectivity index (χ2n) is 8.82. The molecule has 3 saturated carbocycles. The van der Waals surface area contributed by atoms with Crippen LogP contribution in [-0.4, -0.2) is 20.7 Å². The Balaban J connectivity index is 1.51. The average Bonchev–Trinajstić information content (AvgIpc) is 3.31. The van der Waals surface area contributed by atoms with Crippen molar-refractivity contribution in [2.24, 2.45) is 17.3 Å². The van der Waals surface area contributed by atoms with Crippen LogP contribution >= 0.6 is 0 Å². The van der Waals surface area contributed by atoms with Crippen LogP contribution in [0.25, 0.3) is 5.65 Å². The molecule has 3 aliphatic rings.